The van der Waals surface area contributed by atoms with Crippen molar-refractivity contribution in [2.75, 3.05) is 11.9 Å². The lowest BCUT2D eigenvalue weighted by Crippen LogP contribution is -2.18. The van der Waals surface area contributed by atoms with Crippen LogP contribution in [0.4, 0.5) is 18.9 Å². The summed E-state index contributed by atoms with van der Waals surface area (Å²) in [5.41, 5.74) is 0.0261. The van der Waals surface area contributed by atoms with Crippen LogP contribution in [-0.2, 0) is 10.9 Å². The fourth-order valence-corrected chi connectivity index (χ4v) is 3.63. The molecule has 0 atom stereocenters. The highest BCUT2D eigenvalue weighted by Crippen LogP contribution is 2.43. The summed E-state index contributed by atoms with van der Waals surface area (Å²) < 4.78 is 47.3. The van der Waals surface area contributed by atoms with E-state index >= 15 is 0 Å². The van der Waals surface area contributed by atoms with Gasteiger partial charge >= 0.3 is 12.1 Å². The lowest BCUT2D eigenvalue weighted by Gasteiger charge is -2.17. The highest BCUT2D eigenvalue weighted by Gasteiger charge is 2.41. The van der Waals surface area contributed by atoms with Gasteiger partial charge in [-0.05, 0) is 31.6 Å². The molecule has 4 rings (SSSR count). The van der Waals surface area contributed by atoms with Gasteiger partial charge in [0.25, 0.3) is 5.91 Å². The smallest absolute Gasteiger partial charge is 0.434 e. The second-order valence-electron chi connectivity index (χ2n) is 6.82. The van der Waals surface area contributed by atoms with Crippen molar-refractivity contribution in [1.82, 2.24) is 9.78 Å². The van der Waals surface area contributed by atoms with E-state index in [4.69, 9.17) is 4.74 Å². The highest BCUT2D eigenvalue weighted by molar-refractivity contribution is 6.26. The highest BCUT2D eigenvalue weighted by atomic mass is 19.4. The Bertz CT molecular complexity index is 1240. The molecule has 0 bridgehead atoms. The molecule has 0 spiro atoms. The van der Waals surface area contributed by atoms with Crippen LogP contribution in [0.2, 0.25) is 0 Å². The predicted molar refractivity (Wildman–Crippen MR) is 105 cm³/mol. The number of benzene rings is 2. The van der Waals surface area contributed by atoms with Crippen molar-refractivity contribution >= 4 is 33.9 Å². The summed E-state index contributed by atoms with van der Waals surface area (Å²) in [6, 6.07) is 6.26. The number of amides is 1. The molecule has 0 aliphatic carbocycles. The van der Waals surface area contributed by atoms with E-state index in [1.165, 1.54) is 13.0 Å². The van der Waals surface area contributed by atoms with Crippen LogP contribution < -0.4 is 5.32 Å². The van der Waals surface area contributed by atoms with Crippen molar-refractivity contribution in [3.63, 3.8) is 0 Å². The molecule has 2 heterocycles. The summed E-state index contributed by atoms with van der Waals surface area (Å²) in [6.07, 6.45) is -4.03. The molecular formula is C21H16F3N3O3. The van der Waals surface area contributed by atoms with Crippen molar-refractivity contribution < 1.29 is 27.5 Å². The van der Waals surface area contributed by atoms with Gasteiger partial charge < -0.3 is 10.1 Å². The van der Waals surface area contributed by atoms with Gasteiger partial charge in [0.1, 0.15) is 5.56 Å². The fraction of sp³-hybridized carbons (Fsp3) is 0.190. The second kappa shape index (κ2) is 6.72. The maximum absolute atomic E-state index is 14.0. The largest absolute Gasteiger partial charge is 0.462 e. The molecule has 0 unspecified atom stereocenters. The normalized spacial score (nSPS) is 12.9. The molecule has 1 aliphatic heterocycles. The van der Waals surface area contributed by atoms with Crippen LogP contribution in [0, 0.1) is 0 Å². The Hall–Kier alpha value is -3.62. The summed E-state index contributed by atoms with van der Waals surface area (Å²) in [5, 5.41) is 7.49. The number of hydrogen-bond acceptors (Lipinski definition) is 4. The first-order chi connectivity index (χ1) is 14.1. The third kappa shape index (κ3) is 2.85. The van der Waals surface area contributed by atoms with Crippen LogP contribution in [0.3, 0.4) is 0 Å². The first-order valence-corrected chi connectivity index (χ1v) is 9.04. The number of alkyl halides is 3. The number of nitrogens with zero attached hydrogens (tertiary/aromatic N) is 2. The van der Waals surface area contributed by atoms with Gasteiger partial charge in [0.05, 0.1) is 24.2 Å². The second-order valence-corrected chi connectivity index (χ2v) is 6.82. The molecule has 154 valence electrons. The first kappa shape index (κ1) is 19.7. The minimum Gasteiger partial charge on any atom is -0.462 e. The van der Waals surface area contributed by atoms with Crippen molar-refractivity contribution in [2.45, 2.75) is 20.0 Å². The van der Waals surface area contributed by atoms with E-state index in [0.29, 0.717) is 37.8 Å². The molecular weight excluding hydrogens is 399 g/mol. The molecule has 0 saturated carbocycles. The Labute approximate surface area is 168 Å². The molecule has 0 fully saturated rings. The Morgan fingerprint density at radius 1 is 1.30 bits per heavy atom. The van der Waals surface area contributed by atoms with Gasteiger partial charge in [0, 0.05) is 21.9 Å². The van der Waals surface area contributed by atoms with Crippen molar-refractivity contribution in [3.8, 4) is 5.69 Å². The SMILES string of the molecule is C=C(C)c1cc(-n2ncc(C(=O)OCC)c2C(F)(F)F)c2cccc3c2c1NC3=O. The Morgan fingerprint density at radius 3 is 2.67 bits per heavy atom. The molecule has 1 aromatic heterocycles. The van der Waals surface area contributed by atoms with Crippen LogP contribution in [0.15, 0.2) is 37.0 Å². The average Bonchev–Trinajstić information content (AvgIpc) is 3.25. The quantitative estimate of drug-likeness (QED) is 0.620. The number of esters is 1. The summed E-state index contributed by atoms with van der Waals surface area (Å²) in [7, 11) is 0. The van der Waals surface area contributed by atoms with Gasteiger partial charge in [-0.3, -0.25) is 4.79 Å². The third-order valence-electron chi connectivity index (χ3n) is 4.85. The number of anilines is 1. The van der Waals surface area contributed by atoms with E-state index in [1.807, 2.05) is 0 Å². The Morgan fingerprint density at radius 2 is 2.03 bits per heavy atom. The van der Waals surface area contributed by atoms with Gasteiger partial charge in [-0.15, -0.1) is 0 Å². The molecule has 0 saturated heterocycles. The molecule has 1 N–H and O–H groups in total. The lowest BCUT2D eigenvalue weighted by atomic mass is 9.97. The Kier molecular flexibility index (Phi) is 4.41. The molecule has 0 radical (unpaired) electrons. The summed E-state index contributed by atoms with van der Waals surface area (Å²) in [5.74, 6) is -1.46. The minimum atomic E-state index is -4.88. The zero-order valence-electron chi connectivity index (χ0n) is 16.1. The number of aromatic nitrogens is 2. The minimum absolute atomic E-state index is 0.0735. The molecule has 30 heavy (non-hydrogen) atoms. The summed E-state index contributed by atoms with van der Waals surface area (Å²) in [6.45, 7) is 6.99. The maximum atomic E-state index is 14.0. The number of allylic oxidation sites excluding steroid dienone is 1. The van der Waals surface area contributed by atoms with Crippen LogP contribution in [0.1, 0.15) is 45.8 Å². The number of nitrogens with one attached hydrogen (secondary N) is 1. The number of carbonyl (C=O) groups excluding carboxylic acids is 2. The van der Waals surface area contributed by atoms with Crippen LogP contribution >= 0.6 is 0 Å². The topological polar surface area (TPSA) is 73.2 Å². The van der Waals surface area contributed by atoms with E-state index in [1.54, 1.807) is 25.1 Å². The van der Waals surface area contributed by atoms with Crippen LogP contribution in [0.5, 0.6) is 0 Å². The molecule has 2 aromatic carbocycles. The lowest BCUT2D eigenvalue weighted by molar-refractivity contribution is -0.143. The maximum Gasteiger partial charge on any atom is 0.434 e. The van der Waals surface area contributed by atoms with Gasteiger partial charge in [-0.2, -0.15) is 18.3 Å². The van der Waals surface area contributed by atoms with Crippen molar-refractivity contribution in [3.05, 3.63) is 59.4 Å². The summed E-state index contributed by atoms with van der Waals surface area (Å²) in [4.78, 5) is 24.5. The molecule has 9 heteroatoms. The average molecular weight is 415 g/mol. The summed E-state index contributed by atoms with van der Waals surface area (Å²) >= 11 is 0. The van der Waals surface area contributed by atoms with Gasteiger partial charge in [-0.25, -0.2) is 9.48 Å². The van der Waals surface area contributed by atoms with E-state index in [9.17, 15) is 22.8 Å². The molecule has 1 amide bonds. The zero-order chi connectivity index (χ0) is 21.8. The van der Waals surface area contributed by atoms with Gasteiger partial charge in [0.15, 0.2) is 5.69 Å². The number of rotatable bonds is 4. The zero-order valence-corrected chi connectivity index (χ0v) is 16.1. The third-order valence-corrected chi connectivity index (χ3v) is 4.85. The van der Waals surface area contributed by atoms with Gasteiger partial charge in [-0.1, -0.05) is 18.7 Å². The monoisotopic (exact) mass is 415 g/mol. The number of ether oxygens (including phenoxy) is 1. The standard InChI is InChI=1S/C21H16F3N3O3/c1-4-30-20(29)14-9-25-27(18(14)21(22,23)24)15-8-13(10(2)3)17-16-11(15)6-5-7-12(16)19(28)26-17/h5-9H,2,4H2,1,3H3,(H,26,28). The van der Waals surface area contributed by atoms with Crippen LogP contribution in [-0.4, -0.2) is 28.3 Å². The van der Waals surface area contributed by atoms with Crippen molar-refractivity contribution in [1.29, 1.82) is 0 Å². The van der Waals surface area contributed by atoms with E-state index < -0.39 is 23.4 Å². The van der Waals surface area contributed by atoms with E-state index in [-0.39, 0.29) is 18.2 Å². The molecule has 6 nitrogen and oxygen atoms in total. The van der Waals surface area contributed by atoms with Crippen LogP contribution in [0.25, 0.3) is 22.0 Å². The van der Waals surface area contributed by atoms with Crippen molar-refractivity contribution in [2.24, 2.45) is 0 Å². The number of halogens is 3. The van der Waals surface area contributed by atoms with Gasteiger partial charge in [0.2, 0.25) is 0 Å². The molecule has 3 aromatic rings. The first-order valence-electron chi connectivity index (χ1n) is 9.04. The number of carbonyl (C=O) groups is 2. The Balaban J connectivity index is 2.09. The number of hydrogen-bond donors (Lipinski definition) is 1. The molecule has 1 aliphatic rings. The fourth-order valence-electron chi connectivity index (χ4n) is 3.63. The van der Waals surface area contributed by atoms with E-state index in [0.717, 1.165) is 6.20 Å². The van der Waals surface area contributed by atoms with E-state index in [2.05, 4.69) is 17.0 Å². The predicted octanol–water partition coefficient (Wildman–Crippen LogP) is 4.82.